The zero-order chi connectivity index (χ0) is 26.5. The fraction of sp³-hybridized carbons (Fsp3) is 0.355. The lowest BCUT2D eigenvalue weighted by atomic mass is 10.0. The molecule has 0 bridgehead atoms. The van der Waals surface area contributed by atoms with Gasteiger partial charge in [-0.1, -0.05) is 85.1 Å². The van der Waals surface area contributed by atoms with E-state index in [1.54, 1.807) is 11.0 Å². The van der Waals surface area contributed by atoms with E-state index in [0.717, 1.165) is 29.7 Å². The summed E-state index contributed by atoms with van der Waals surface area (Å²) in [6.07, 6.45) is 3.14. The third-order valence-corrected chi connectivity index (χ3v) is 6.40. The molecule has 1 atom stereocenters. The van der Waals surface area contributed by atoms with Gasteiger partial charge in [0.25, 0.3) is 0 Å². The highest BCUT2D eigenvalue weighted by molar-refractivity contribution is 6.30. The summed E-state index contributed by atoms with van der Waals surface area (Å²) in [4.78, 5) is 28.7. The SMILES string of the molecule is CCCCNC(=O)[C@H](Cc1ccccc1)N(Cc1cccc(Cl)c1)C(=O)CCCOc1ccc(C)cc1. The molecule has 0 spiro atoms. The molecule has 196 valence electrons. The monoisotopic (exact) mass is 520 g/mol. The Morgan fingerprint density at radius 2 is 1.68 bits per heavy atom. The average Bonchev–Trinajstić information content (AvgIpc) is 2.90. The Hall–Kier alpha value is -3.31. The van der Waals surface area contributed by atoms with Crippen molar-refractivity contribution in [2.75, 3.05) is 13.2 Å². The van der Waals surface area contributed by atoms with Crippen LogP contribution in [0, 0.1) is 6.92 Å². The van der Waals surface area contributed by atoms with E-state index in [2.05, 4.69) is 12.2 Å². The number of halogens is 1. The molecule has 0 fully saturated rings. The standard InChI is InChI=1S/C31H37ClN2O3/c1-3-4-19-33-31(36)29(22-25-10-6-5-7-11-25)34(23-26-12-8-13-27(32)21-26)30(35)14-9-20-37-28-17-15-24(2)16-18-28/h5-8,10-13,15-18,21,29H,3-4,9,14,19-20,22-23H2,1-2H3,(H,33,36)/t29-/m0/s1. The lowest BCUT2D eigenvalue weighted by Gasteiger charge is -2.31. The van der Waals surface area contributed by atoms with Crippen LogP contribution in [0.1, 0.15) is 49.3 Å². The van der Waals surface area contributed by atoms with Crippen molar-refractivity contribution >= 4 is 23.4 Å². The van der Waals surface area contributed by atoms with Gasteiger partial charge in [0.05, 0.1) is 6.61 Å². The number of rotatable bonds is 14. The third kappa shape index (κ3) is 9.58. The largest absolute Gasteiger partial charge is 0.494 e. The van der Waals surface area contributed by atoms with Crippen LogP contribution in [0.2, 0.25) is 5.02 Å². The first kappa shape index (κ1) is 28.3. The summed E-state index contributed by atoms with van der Waals surface area (Å²) in [5, 5.41) is 3.65. The number of ether oxygens (including phenoxy) is 1. The van der Waals surface area contributed by atoms with Gasteiger partial charge in [0, 0.05) is 31.0 Å². The summed E-state index contributed by atoms with van der Waals surface area (Å²) in [6, 6.07) is 24.5. The Labute approximate surface area is 225 Å². The number of nitrogens with one attached hydrogen (secondary N) is 1. The Morgan fingerprint density at radius 1 is 0.946 bits per heavy atom. The molecular weight excluding hydrogens is 484 g/mol. The summed E-state index contributed by atoms with van der Waals surface area (Å²) in [5.41, 5.74) is 3.06. The Kier molecular flexibility index (Phi) is 11.5. The van der Waals surface area contributed by atoms with Gasteiger partial charge in [-0.2, -0.15) is 0 Å². The van der Waals surface area contributed by atoms with Gasteiger partial charge in [0.15, 0.2) is 0 Å². The van der Waals surface area contributed by atoms with Gasteiger partial charge in [-0.15, -0.1) is 0 Å². The zero-order valence-corrected chi connectivity index (χ0v) is 22.5. The number of carbonyl (C=O) groups excluding carboxylic acids is 2. The summed E-state index contributed by atoms with van der Waals surface area (Å²) < 4.78 is 5.83. The molecule has 0 unspecified atom stereocenters. The van der Waals surface area contributed by atoms with Gasteiger partial charge in [0.1, 0.15) is 11.8 Å². The molecule has 2 amide bonds. The highest BCUT2D eigenvalue weighted by Gasteiger charge is 2.30. The molecule has 5 nitrogen and oxygen atoms in total. The smallest absolute Gasteiger partial charge is 0.243 e. The molecule has 0 saturated carbocycles. The zero-order valence-electron chi connectivity index (χ0n) is 21.8. The third-order valence-electron chi connectivity index (χ3n) is 6.17. The van der Waals surface area contributed by atoms with E-state index in [0.29, 0.717) is 37.6 Å². The lowest BCUT2D eigenvalue weighted by Crippen LogP contribution is -2.50. The molecule has 0 aromatic heterocycles. The van der Waals surface area contributed by atoms with Crippen molar-refractivity contribution < 1.29 is 14.3 Å². The first-order valence-corrected chi connectivity index (χ1v) is 13.4. The molecule has 0 aliphatic rings. The minimum absolute atomic E-state index is 0.0842. The predicted octanol–water partition coefficient (Wildman–Crippen LogP) is 6.36. The van der Waals surface area contributed by atoms with Crippen LogP contribution < -0.4 is 10.1 Å². The number of hydrogen-bond acceptors (Lipinski definition) is 3. The fourth-order valence-corrected chi connectivity index (χ4v) is 4.30. The van der Waals surface area contributed by atoms with Gasteiger partial charge in [-0.3, -0.25) is 9.59 Å². The summed E-state index contributed by atoms with van der Waals surface area (Å²) in [7, 11) is 0. The topological polar surface area (TPSA) is 58.6 Å². The van der Waals surface area contributed by atoms with Crippen LogP contribution in [0.4, 0.5) is 0 Å². The lowest BCUT2D eigenvalue weighted by molar-refractivity contribution is -0.141. The average molecular weight is 521 g/mol. The van der Waals surface area contributed by atoms with Crippen molar-refractivity contribution in [2.45, 2.75) is 58.5 Å². The van der Waals surface area contributed by atoms with Crippen molar-refractivity contribution in [3.8, 4) is 5.75 Å². The minimum Gasteiger partial charge on any atom is -0.494 e. The Morgan fingerprint density at radius 3 is 2.38 bits per heavy atom. The molecule has 3 aromatic rings. The van der Waals surface area contributed by atoms with Crippen LogP contribution in [0.25, 0.3) is 0 Å². The van der Waals surface area contributed by atoms with Gasteiger partial charge in [0.2, 0.25) is 11.8 Å². The van der Waals surface area contributed by atoms with E-state index in [4.69, 9.17) is 16.3 Å². The summed E-state index contributed by atoms with van der Waals surface area (Å²) >= 11 is 6.24. The number of nitrogens with zero attached hydrogens (tertiary/aromatic N) is 1. The Balaban J connectivity index is 1.77. The van der Waals surface area contributed by atoms with Crippen LogP contribution in [-0.2, 0) is 22.6 Å². The molecule has 0 heterocycles. The molecule has 0 saturated heterocycles. The number of amides is 2. The second-order valence-corrected chi connectivity index (χ2v) is 9.70. The van der Waals surface area contributed by atoms with Crippen molar-refractivity contribution in [1.82, 2.24) is 10.2 Å². The molecule has 37 heavy (non-hydrogen) atoms. The molecule has 6 heteroatoms. The molecule has 3 rings (SSSR count). The van der Waals surface area contributed by atoms with E-state index in [1.807, 2.05) is 79.7 Å². The molecule has 0 radical (unpaired) electrons. The number of carbonyl (C=O) groups is 2. The maximum Gasteiger partial charge on any atom is 0.243 e. The van der Waals surface area contributed by atoms with Gasteiger partial charge < -0.3 is 15.0 Å². The van der Waals surface area contributed by atoms with E-state index in [9.17, 15) is 9.59 Å². The minimum atomic E-state index is -0.635. The molecule has 0 aliphatic heterocycles. The van der Waals surface area contributed by atoms with E-state index >= 15 is 0 Å². The highest BCUT2D eigenvalue weighted by Crippen LogP contribution is 2.19. The summed E-state index contributed by atoms with van der Waals surface area (Å²) in [6.45, 7) is 5.43. The molecule has 1 N–H and O–H groups in total. The van der Waals surface area contributed by atoms with Crippen LogP contribution in [-0.4, -0.2) is 35.9 Å². The molecule has 3 aromatic carbocycles. The van der Waals surface area contributed by atoms with E-state index in [-0.39, 0.29) is 18.2 Å². The van der Waals surface area contributed by atoms with Crippen LogP contribution >= 0.6 is 11.6 Å². The van der Waals surface area contributed by atoms with Crippen molar-refractivity contribution in [3.63, 3.8) is 0 Å². The second-order valence-electron chi connectivity index (χ2n) is 9.27. The molecular formula is C31H37ClN2O3. The fourth-order valence-electron chi connectivity index (χ4n) is 4.08. The van der Waals surface area contributed by atoms with Gasteiger partial charge in [-0.25, -0.2) is 0 Å². The van der Waals surface area contributed by atoms with E-state index in [1.165, 1.54) is 5.56 Å². The molecule has 0 aliphatic carbocycles. The maximum absolute atomic E-state index is 13.6. The van der Waals surface area contributed by atoms with Gasteiger partial charge >= 0.3 is 0 Å². The van der Waals surface area contributed by atoms with Crippen molar-refractivity contribution in [3.05, 3.63) is 101 Å². The van der Waals surface area contributed by atoms with Crippen LogP contribution in [0.5, 0.6) is 5.75 Å². The highest BCUT2D eigenvalue weighted by atomic mass is 35.5. The number of benzene rings is 3. The second kappa shape index (κ2) is 15.1. The maximum atomic E-state index is 13.6. The number of aryl methyl sites for hydroxylation is 1. The Bertz CT molecular complexity index is 1120. The number of unbranched alkanes of at least 4 members (excludes halogenated alkanes) is 1. The first-order chi connectivity index (χ1) is 18.0. The van der Waals surface area contributed by atoms with Gasteiger partial charge in [-0.05, 0) is 55.2 Å². The van der Waals surface area contributed by atoms with Crippen molar-refractivity contribution in [1.29, 1.82) is 0 Å². The predicted molar refractivity (Wildman–Crippen MR) is 150 cm³/mol. The summed E-state index contributed by atoms with van der Waals surface area (Å²) in [5.74, 6) is 0.564. The van der Waals surface area contributed by atoms with Crippen molar-refractivity contribution in [2.24, 2.45) is 0 Å². The normalized spacial score (nSPS) is 11.5. The first-order valence-electron chi connectivity index (χ1n) is 13.0. The van der Waals surface area contributed by atoms with Crippen LogP contribution in [0.3, 0.4) is 0 Å². The van der Waals surface area contributed by atoms with E-state index < -0.39 is 6.04 Å². The number of hydrogen-bond donors (Lipinski definition) is 1. The van der Waals surface area contributed by atoms with Crippen LogP contribution in [0.15, 0.2) is 78.9 Å². The quantitative estimate of drug-likeness (QED) is 0.251.